The smallest absolute Gasteiger partial charge is 0.261 e. The fraction of sp³-hybridized carbons (Fsp3) is 0.125. The fourth-order valence-corrected chi connectivity index (χ4v) is 3.05. The van der Waals surface area contributed by atoms with Crippen molar-refractivity contribution in [2.45, 2.75) is 11.8 Å². The Kier molecular flexibility index (Phi) is 6.02. The highest BCUT2D eigenvalue weighted by Gasteiger charge is 2.14. The maximum Gasteiger partial charge on any atom is 0.261 e. The molecule has 0 radical (unpaired) electrons. The summed E-state index contributed by atoms with van der Waals surface area (Å²) >= 11 is 0. The van der Waals surface area contributed by atoms with Gasteiger partial charge in [-0.15, -0.1) is 0 Å². The van der Waals surface area contributed by atoms with Gasteiger partial charge in [-0.2, -0.15) is 4.99 Å². The lowest BCUT2D eigenvalue weighted by molar-refractivity contribution is 0.340. The zero-order chi connectivity index (χ0) is 19.2. The van der Waals surface area contributed by atoms with Gasteiger partial charge >= 0.3 is 0 Å². The molecule has 0 heterocycles. The summed E-state index contributed by atoms with van der Waals surface area (Å²) in [7, 11) is -3.74. The third-order valence-electron chi connectivity index (χ3n) is 3.05. The second-order valence-corrected chi connectivity index (χ2v) is 6.75. The second kappa shape index (κ2) is 8.21. The Morgan fingerprint density at radius 2 is 1.65 bits per heavy atom. The average Bonchev–Trinajstić information content (AvgIpc) is 2.56. The minimum absolute atomic E-state index is 0.0748. The Hall–Kier alpha value is -3.27. The molecule has 0 saturated carbocycles. The fourth-order valence-electron chi connectivity index (χ4n) is 1.99. The number of aliphatic imine (C=N–C) groups is 2. The maximum absolute atomic E-state index is 12.4. The topological polar surface area (TPSA) is 158 Å². The molecule has 138 valence electrons. The van der Waals surface area contributed by atoms with Crippen LogP contribution in [0.15, 0.2) is 63.4 Å². The van der Waals surface area contributed by atoms with Crippen LogP contribution < -0.4 is 26.7 Å². The lowest BCUT2D eigenvalue weighted by Crippen LogP contribution is -2.26. The highest BCUT2D eigenvalue weighted by Crippen LogP contribution is 2.21. The van der Waals surface area contributed by atoms with Crippen molar-refractivity contribution < 1.29 is 13.2 Å². The van der Waals surface area contributed by atoms with Crippen LogP contribution in [0.25, 0.3) is 0 Å². The van der Waals surface area contributed by atoms with Gasteiger partial charge in [0.05, 0.1) is 17.2 Å². The first-order valence-corrected chi connectivity index (χ1v) is 9.08. The number of nitrogens with zero attached hydrogens (tertiary/aromatic N) is 2. The SMILES string of the molecule is CCOc1ccc(NS(=O)(=O)c2ccc(N=C(N)N=C(N)N)cc2)cc1. The zero-order valence-electron chi connectivity index (χ0n) is 14.1. The molecule has 0 aliphatic heterocycles. The van der Waals surface area contributed by atoms with Gasteiger partial charge in [0.1, 0.15) is 5.75 Å². The summed E-state index contributed by atoms with van der Waals surface area (Å²) in [5.74, 6) is 0.314. The summed E-state index contributed by atoms with van der Waals surface area (Å²) in [5, 5.41) is 0. The van der Waals surface area contributed by atoms with Crippen molar-refractivity contribution in [1.82, 2.24) is 0 Å². The van der Waals surface area contributed by atoms with Crippen LogP contribution in [0.2, 0.25) is 0 Å². The molecule has 2 rings (SSSR count). The summed E-state index contributed by atoms with van der Waals surface area (Å²) in [6, 6.07) is 12.4. The van der Waals surface area contributed by atoms with E-state index in [4.69, 9.17) is 21.9 Å². The number of nitrogens with two attached hydrogens (primary N) is 3. The predicted octanol–water partition coefficient (Wildman–Crippen LogP) is 1.11. The van der Waals surface area contributed by atoms with Crippen molar-refractivity contribution in [2.75, 3.05) is 11.3 Å². The molecule has 7 N–H and O–H groups in total. The van der Waals surface area contributed by atoms with Crippen LogP contribution in [0.3, 0.4) is 0 Å². The molecule has 0 spiro atoms. The standard InChI is InChI=1S/C16H20N6O3S/c1-2-25-13-7-3-12(4-8-13)22-26(23,24)14-9-5-11(6-10-14)20-16(19)21-15(17)18/h3-10,22H,2H2,1H3,(H6,17,18,19,20,21). The Balaban J connectivity index is 2.15. The van der Waals surface area contributed by atoms with Crippen LogP contribution in [0.4, 0.5) is 11.4 Å². The molecule has 0 unspecified atom stereocenters. The molecule has 0 bridgehead atoms. The number of ether oxygens (including phenoxy) is 1. The first-order chi connectivity index (χ1) is 12.3. The van der Waals surface area contributed by atoms with E-state index in [9.17, 15) is 8.42 Å². The molecule has 0 aromatic heterocycles. The normalized spacial score (nSPS) is 11.7. The monoisotopic (exact) mass is 376 g/mol. The molecule has 0 atom stereocenters. The number of sulfonamides is 1. The number of benzene rings is 2. The molecule has 2 aromatic carbocycles. The van der Waals surface area contributed by atoms with Crippen molar-refractivity contribution in [3.05, 3.63) is 48.5 Å². The van der Waals surface area contributed by atoms with Crippen LogP contribution >= 0.6 is 0 Å². The lowest BCUT2D eigenvalue weighted by atomic mass is 10.3. The predicted molar refractivity (Wildman–Crippen MR) is 102 cm³/mol. The largest absolute Gasteiger partial charge is 0.494 e. The number of anilines is 1. The third-order valence-corrected chi connectivity index (χ3v) is 4.45. The summed E-state index contributed by atoms with van der Waals surface area (Å²) < 4.78 is 32.7. The molecular formula is C16H20N6O3S. The molecule has 26 heavy (non-hydrogen) atoms. The van der Waals surface area contributed by atoms with Gasteiger partial charge < -0.3 is 21.9 Å². The molecule has 0 aliphatic carbocycles. The van der Waals surface area contributed by atoms with E-state index < -0.39 is 10.0 Å². The second-order valence-electron chi connectivity index (χ2n) is 5.06. The van der Waals surface area contributed by atoms with Crippen molar-refractivity contribution in [3.8, 4) is 5.75 Å². The van der Waals surface area contributed by atoms with Crippen LogP contribution in [-0.2, 0) is 10.0 Å². The first-order valence-electron chi connectivity index (χ1n) is 7.59. The van der Waals surface area contributed by atoms with E-state index >= 15 is 0 Å². The lowest BCUT2D eigenvalue weighted by Gasteiger charge is -2.09. The van der Waals surface area contributed by atoms with Gasteiger partial charge in [-0.05, 0) is 55.5 Å². The highest BCUT2D eigenvalue weighted by atomic mass is 32.2. The number of rotatable bonds is 6. The molecule has 9 nitrogen and oxygen atoms in total. The van der Waals surface area contributed by atoms with E-state index in [0.717, 1.165) is 0 Å². The Morgan fingerprint density at radius 3 is 2.19 bits per heavy atom. The minimum Gasteiger partial charge on any atom is -0.494 e. The van der Waals surface area contributed by atoms with E-state index in [1.54, 1.807) is 24.3 Å². The molecule has 0 amide bonds. The molecular weight excluding hydrogens is 356 g/mol. The van der Waals surface area contributed by atoms with Crippen molar-refractivity contribution >= 4 is 33.3 Å². The number of nitrogens with one attached hydrogen (secondary N) is 1. The molecule has 0 aliphatic rings. The van der Waals surface area contributed by atoms with Crippen LogP contribution in [0.1, 0.15) is 6.92 Å². The molecule has 2 aromatic rings. The van der Waals surface area contributed by atoms with E-state index in [0.29, 0.717) is 23.7 Å². The van der Waals surface area contributed by atoms with E-state index in [1.807, 2.05) is 6.92 Å². The molecule has 0 saturated heterocycles. The van der Waals surface area contributed by atoms with Gasteiger partial charge in [-0.1, -0.05) is 0 Å². The number of hydrogen-bond donors (Lipinski definition) is 4. The minimum atomic E-state index is -3.74. The summed E-state index contributed by atoms with van der Waals surface area (Å²) in [5.41, 5.74) is 16.8. The Morgan fingerprint density at radius 1 is 1.04 bits per heavy atom. The molecule has 0 fully saturated rings. The quantitative estimate of drug-likeness (QED) is 0.436. The van der Waals surface area contributed by atoms with Gasteiger partial charge in [0.15, 0.2) is 5.96 Å². The van der Waals surface area contributed by atoms with Gasteiger partial charge in [0.2, 0.25) is 5.96 Å². The summed E-state index contributed by atoms with van der Waals surface area (Å²) in [6.07, 6.45) is 0. The van der Waals surface area contributed by atoms with Crippen LogP contribution in [-0.4, -0.2) is 26.9 Å². The van der Waals surface area contributed by atoms with E-state index in [1.165, 1.54) is 24.3 Å². The van der Waals surface area contributed by atoms with Crippen molar-refractivity contribution in [3.63, 3.8) is 0 Å². The van der Waals surface area contributed by atoms with Crippen molar-refractivity contribution in [1.29, 1.82) is 0 Å². The summed E-state index contributed by atoms with van der Waals surface area (Å²) in [6.45, 7) is 2.41. The zero-order valence-corrected chi connectivity index (χ0v) is 14.9. The third kappa shape index (κ3) is 5.38. The maximum atomic E-state index is 12.4. The Bertz CT molecular complexity index is 902. The van der Waals surface area contributed by atoms with Crippen LogP contribution in [0.5, 0.6) is 5.75 Å². The van der Waals surface area contributed by atoms with E-state index in [2.05, 4.69) is 14.7 Å². The van der Waals surface area contributed by atoms with Crippen molar-refractivity contribution in [2.24, 2.45) is 27.2 Å². The van der Waals surface area contributed by atoms with Gasteiger partial charge in [0, 0.05) is 5.69 Å². The van der Waals surface area contributed by atoms with Gasteiger partial charge in [-0.25, -0.2) is 13.4 Å². The molecule has 10 heteroatoms. The Labute approximate surface area is 151 Å². The number of hydrogen-bond acceptors (Lipinski definition) is 4. The van der Waals surface area contributed by atoms with Crippen LogP contribution in [0, 0.1) is 0 Å². The first kappa shape index (κ1) is 19.1. The average molecular weight is 376 g/mol. The van der Waals surface area contributed by atoms with Gasteiger partial charge in [-0.3, -0.25) is 4.72 Å². The number of guanidine groups is 2. The summed E-state index contributed by atoms with van der Waals surface area (Å²) in [4.78, 5) is 7.61. The van der Waals surface area contributed by atoms with E-state index in [-0.39, 0.29) is 16.8 Å². The highest BCUT2D eigenvalue weighted by molar-refractivity contribution is 7.92. The van der Waals surface area contributed by atoms with Gasteiger partial charge in [0.25, 0.3) is 10.0 Å².